The number of carbonyl (C=O) groups is 2. The maximum atomic E-state index is 12.8. The van der Waals surface area contributed by atoms with E-state index in [1.54, 1.807) is 25.1 Å². The van der Waals surface area contributed by atoms with E-state index in [0.717, 1.165) is 5.56 Å². The molecule has 3 rings (SSSR count). The van der Waals surface area contributed by atoms with Gasteiger partial charge in [0.25, 0.3) is 11.8 Å². The molecule has 0 fully saturated rings. The molecule has 1 heterocycles. The number of allylic oxidation sites excluding steroid dienone is 1. The Balaban J connectivity index is 1.72. The second-order valence-corrected chi connectivity index (χ2v) is 8.29. The van der Waals surface area contributed by atoms with Gasteiger partial charge in [0.15, 0.2) is 0 Å². The maximum Gasteiger partial charge on any atom is 0.265 e. The molecule has 29 heavy (non-hydrogen) atoms. The molecule has 1 atom stereocenters. The van der Waals surface area contributed by atoms with Crippen molar-refractivity contribution in [3.8, 4) is 0 Å². The summed E-state index contributed by atoms with van der Waals surface area (Å²) in [6.45, 7) is 4.87. The first-order chi connectivity index (χ1) is 14.0. The summed E-state index contributed by atoms with van der Waals surface area (Å²) < 4.78 is 5.45. The number of benzene rings is 2. The number of nitrogens with one attached hydrogen (secondary N) is 2. The van der Waals surface area contributed by atoms with Gasteiger partial charge in [-0.2, -0.15) is 0 Å². The first kappa shape index (κ1) is 21.3. The zero-order valence-corrected chi connectivity index (χ0v) is 17.9. The first-order valence-electron chi connectivity index (χ1n) is 9.36. The number of hydrogen-bond acceptors (Lipinski definition) is 4. The molecule has 1 aliphatic rings. The Bertz CT molecular complexity index is 931. The Hall–Kier alpha value is -2.44. The SMILES string of the molecule is CC1=C(C(=O)Nc2ccc(Cl)cc2C(=O)NCC(C)c2ccccc2)SCCO1. The molecule has 0 saturated carbocycles. The van der Waals surface area contributed by atoms with E-state index < -0.39 is 0 Å². The Morgan fingerprint density at radius 3 is 2.66 bits per heavy atom. The standard InChI is InChI=1S/C22H23ClN2O3S/c1-14(16-6-4-3-5-7-16)13-24-21(26)18-12-17(23)8-9-19(18)25-22(27)20-15(2)28-10-11-29-20/h3-9,12,14H,10-11,13H2,1-2H3,(H,24,26)(H,25,27). The fraction of sp³-hybridized carbons (Fsp3) is 0.273. The van der Waals surface area contributed by atoms with Crippen molar-refractivity contribution in [2.24, 2.45) is 0 Å². The monoisotopic (exact) mass is 430 g/mol. The predicted octanol–water partition coefficient (Wildman–Crippen LogP) is 4.81. The largest absolute Gasteiger partial charge is 0.496 e. The van der Waals surface area contributed by atoms with Crippen LogP contribution in [0.5, 0.6) is 0 Å². The van der Waals surface area contributed by atoms with Crippen molar-refractivity contribution in [3.63, 3.8) is 0 Å². The van der Waals surface area contributed by atoms with Gasteiger partial charge in [-0.15, -0.1) is 11.8 Å². The van der Waals surface area contributed by atoms with E-state index >= 15 is 0 Å². The number of halogens is 1. The van der Waals surface area contributed by atoms with Gasteiger partial charge >= 0.3 is 0 Å². The molecular formula is C22H23ClN2O3S. The third-order valence-corrected chi connectivity index (χ3v) is 5.95. The summed E-state index contributed by atoms with van der Waals surface area (Å²) in [7, 11) is 0. The van der Waals surface area contributed by atoms with E-state index in [-0.39, 0.29) is 17.7 Å². The lowest BCUT2D eigenvalue weighted by molar-refractivity contribution is -0.112. The molecule has 0 aromatic heterocycles. The van der Waals surface area contributed by atoms with Crippen LogP contribution in [0.1, 0.15) is 35.7 Å². The second-order valence-electron chi connectivity index (χ2n) is 6.75. The Labute approximate surface area is 179 Å². The summed E-state index contributed by atoms with van der Waals surface area (Å²) in [5, 5.41) is 6.18. The molecule has 0 bridgehead atoms. The van der Waals surface area contributed by atoms with Crippen molar-refractivity contribution in [2.45, 2.75) is 19.8 Å². The van der Waals surface area contributed by atoms with Crippen molar-refractivity contribution in [2.75, 3.05) is 24.2 Å². The summed E-state index contributed by atoms with van der Waals surface area (Å²) in [5.41, 5.74) is 1.88. The van der Waals surface area contributed by atoms with Gasteiger partial charge in [-0.3, -0.25) is 9.59 Å². The second kappa shape index (κ2) is 9.85. The Morgan fingerprint density at radius 1 is 1.17 bits per heavy atom. The van der Waals surface area contributed by atoms with Crippen molar-refractivity contribution in [1.29, 1.82) is 0 Å². The highest BCUT2D eigenvalue weighted by Gasteiger charge is 2.21. The number of rotatable bonds is 6. The van der Waals surface area contributed by atoms with E-state index in [4.69, 9.17) is 16.3 Å². The number of ether oxygens (including phenoxy) is 1. The third-order valence-electron chi connectivity index (χ3n) is 4.59. The molecule has 2 amide bonds. The van der Waals surface area contributed by atoms with Crippen LogP contribution >= 0.6 is 23.4 Å². The quantitative estimate of drug-likeness (QED) is 0.690. The molecular weight excluding hydrogens is 408 g/mol. The lowest BCUT2D eigenvalue weighted by Crippen LogP contribution is -2.29. The smallest absolute Gasteiger partial charge is 0.265 e. The van der Waals surface area contributed by atoms with Crippen molar-refractivity contribution in [1.82, 2.24) is 5.32 Å². The van der Waals surface area contributed by atoms with E-state index in [1.165, 1.54) is 11.8 Å². The van der Waals surface area contributed by atoms with Gasteiger partial charge in [0, 0.05) is 17.3 Å². The Morgan fingerprint density at radius 2 is 1.93 bits per heavy atom. The zero-order valence-electron chi connectivity index (χ0n) is 16.3. The molecule has 0 saturated heterocycles. The number of anilines is 1. The van der Waals surface area contributed by atoms with Crippen LogP contribution < -0.4 is 10.6 Å². The van der Waals surface area contributed by atoms with Crippen LogP contribution in [0, 0.1) is 0 Å². The molecule has 2 aromatic rings. The van der Waals surface area contributed by atoms with Gasteiger partial charge < -0.3 is 15.4 Å². The minimum absolute atomic E-state index is 0.154. The van der Waals surface area contributed by atoms with Gasteiger partial charge in [0.1, 0.15) is 10.7 Å². The average molecular weight is 431 g/mol. The molecule has 152 valence electrons. The molecule has 0 aliphatic carbocycles. The summed E-state index contributed by atoms with van der Waals surface area (Å²) >= 11 is 7.55. The van der Waals surface area contributed by atoms with Crippen LogP contribution in [0.3, 0.4) is 0 Å². The maximum absolute atomic E-state index is 12.8. The molecule has 0 radical (unpaired) electrons. The zero-order chi connectivity index (χ0) is 20.8. The molecule has 1 unspecified atom stereocenters. The summed E-state index contributed by atoms with van der Waals surface area (Å²) in [4.78, 5) is 26.0. The van der Waals surface area contributed by atoms with Crippen LogP contribution in [0.15, 0.2) is 59.2 Å². The molecule has 2 N–H and O–H groups in total. The van der Waals surface area contributed by atoms with E-state index in [2.05, 4.69) is 10.6 Å². The molecule has 7 heteroatoms. The van der Waals surface area contributed by atoms with E-state index in [0.29, 0.717) is 45.8 Å². The summed E-state index contributed by atoms with van der Waals surface area (Å²) in [6.07, 6.45) is 0. The fourth-order valence-electron chi connectivity index (χ4n) is 2.96. The Kier molecular flexibility index (Phi) is 7.23. The van der Waals surface area contributed by atoms with Crippen molar-refractivity contribution in [3.05, 3.63) is 75.3 Å². The van der Waals surface area contributed by atoms with E-state index in [9.17, 15) is 9.59 Å². The first-order valence-corrected chi connectivity index (χ1v) is 10.7. The van der Waals surface area contributed by atoms with E-state index in [1.807, 2.05) is 37.3 Å². The molecule has 5 nitrogen and oxygen atoms in total. The highest BCUT2D eigenvalue weighted by Crippen LogP contribution is 2.28. The number of thioether (sulfide) groups is 1. The lowest BCUT2D eigenvalue weighted by atomic mass is 10.0. The van der Waals surface area contributed by atoms with Crippen LogP contribution in [0.2, 0.25) is 5.02 Å². The van der Waals surface area contributed by atoms with Crippen LogP contribution in [-0.4, -0.2) is 30.7 Å². The number of hydrogen-bond donors (Lipinski definition) is 2. The topological polar surface area (TPSA) is 67.4 Å². The van der Waals surface area contributed by atoms with Crippen molar-refractivity contribution < 1.29 is 14.3 Å². The minimum atomic E-state index is -0.291. The van der Waals surface area contributed by atoms with Gasteiger partial charge in [-0.05, 0) is 36.6 Å². The molecule has 0 spiro atoms. The van der Waals surface area contributed by atoms with Crippen molar-refractivity contribution >= 4 is 40.9 Å². The van der Waals surface area contributed by atoms with Gasteiger partial charge in [-0.25, -0.2) is 0 Å². The third kappa shape index (κ3) is 5.55. The highest BCUT2D eigenvalue weighted by molar-refractivity contribution is 8.04. The fourth-order valence-corrected chi connectivity index (χ4v) is 3.95. The summed E-state index contributed by atoms with van der Waals surface area (Å²) in [5.74, 6) is 0.882. The minimum Gasteiger partial charge on any atom is -0.496 e. The van der Waals surface area contributed by atoms with Crippen LogP contribution in [0.4, 0.5) is 5.69 Å². The average Bonchev–Trinajstić information content (AvgIpc) is 2.73. The highest BCUT2D eigenvalue weighted by atomic mass is 35.5. The number of amides is 2. The van der Waals surface area contributed by atoms with Gasteiger partial charge in [0.05, 0.1) is 17.9 Å². The normalized spacial score (nSPS) is 14.7. The van der Waals surface area contributed by atoms with Crippen LogP contribution in [0.25, 0.3) is 0 Å². The van der Waals surface area contributed by atoms with Gasteiger partial charge in [0.2, 0.25) is 0 Å². The van der Waals surface area contributed by atoms with Gasteiger partial charge in [-0.1, -0.05) is 48.9 Å². The summed E-state index contributed by atoms with van der Waals surface area (Å²) in [6, 6.07) is 14.8. The molecule has 1 aliphatic heterocycles. The van der Waals surface area contributed by atoms with Crippen LogP contribution in [-0.2, 0) is 9.53 Å². The lowest BCUT2D eigenvalue weighted by Gasteiger charge is -2.19. The number of carbonyl (C=O) groups excluding carboxylic acids is 2. The predicted molar refractivity (Wildman–Crippen MR) is 118 cm³/mol. The molecule has 2 aromatic carbocycles.